The van der Waals surface area contributed by atoms with Gasteiger partial charge in [-0.05, 0) is 23.9 Å². The molecule has 0 nitrogen and oxygen atoms in total. The van der Waals surface area contributed by atoms with E-state index >= 15 is 0 Å². The molecule has 0 aliphatic heterocycles. The Bertz CT molecular complexity index is 154. The highest BCUT2D eigenvalue weighted by molar-refractivity contribution is 7.65. The smallest absolute Gasteiger partial charge is 0.126 e. The van der Waals surface area contributed by atoms with E-state index < -0.39 is 12.0 Å². The molecule has 0 aromatic rings. The molecule has 0 N–H and O–H groups in total. The van der Waals surface area contributed by atoms with E-state index in [9.17, 15) is 0 Å². The molecule has 0 saturated heterocycles. The summed E-state index contributed by atoms with van der Waals surface area (Å²) in [6.45, 7) is 3.87. The van der Waals surface area contributed by atoms with Crippen LogP contribution < -0.4 is 0 Å². The molecule has 0 aliphatic rings. The van der Waals surface area contributed by atoms with Gasteiger partial charge in [-0.3, -0.25) is 0 Å². The van der Waals surface area contributed by atoms with Gasteiger partial charge in [0.2, 0.25) is 0 Å². The Morgan fingerprint density at radius 1 is 0.714 bits per heavy atom. The maximum absolute atomic E-state index is 5.86. The van der Waals surface area contributed by atoms with Crippen LogP contribution in [0.2, 0.25) is 11.1 Å². The largest absolute Gasteiger partial charge is 0.344 e. The molecule has 8 heteroatoms. The van der Waals surface area contributed by atoms with Crippen LogP contribution in [0.5, 0.6) is 0 Å². The van der Waals surface area contributed by atoms with Crippen LogP contribution in [0.3, 0.4) is 0 Å². The van der Waals surface area contributed by atoms with Gasteiger partial charge in [-0.25, -0.2) is 0 Å². The molecule has 0 saturated carbocycles. The third-order valence-corrected chi connectivity index (χ3v) is 11.7. The first-order valence-corrected chi connectivity index (χ1v) is 14.4. The quantitative estimate of drug-likeness (QED) is 0.429. The molecule has 0 radical (unpaired) electrons. The first kappa shape index (κ1) is 16.2. The van der Waals surface area contributed by atoms with Crippen LogP contribution in [-0.2, 0) is 0 Å². The summed E-state index contributed by atoms with van der Waals surface area (Å²) in [6, 6.07) is -5.17. The van der Waals surface area contributed by atoms with Gasteiger partial charge in [0.25, 0.3) is 0 Å². The van der Waals surface area contributed by atoms with Gasteiger partial charge in [-0.2, -0.15) is 0 Å². The fraction of sp³-hybridized carbons (Fsp3) is 1.00. The molecular formula is C6H12Cl6Si2. The number of hydrogen-bond acceptors (Lipinski definition) is 0. The lowest BCUT2D eigenvalue weighted by Gasteiger charge is -2.22. The van der Waals surface area contributed by atoms with E-state index in [0.717, 1.165) is 12.8 Å². The minimum atomic E-state index is -2.58. The Morgan fingerprint density at radius 3 is 1.07 bits per heavy atom. The van der Waals surface area contributed by atoms with Gasteiger partial charge < -0.3 is 0 Å². The van der Waals surface area contributed by atoms with Crippen molar-refractivity contribution in [1.29, 1.82) is 0 Å². The summed E-state index contributed by atoms with van der Waals surface area (Å²) in [6.07, 6.45) is 1.62. The summed E-state index contributed by atoms with van der Waals surface area (Å²) >= 11 is 35.2. The Hall–Kier alpha value is 2.17. The molecule has 0 aromatic heterocycles. The van der Waals surface area contributed by atoms with Gasteiger partial charge in [0.15, 0.2) is 0 Å². The SMILES string of the molecule is CC(CCC(C)[Si](Cl)(Cl)Cl)[Si](Cl)(Cl)Cl. The lowest BCUT2D eigenvalue weighted by Crippen LogP contribution is -2.21. The lowest BCUT2D eigenvalue weighted by molar-refractivity contribution is 0.690. The summed E-state index contributed by atoms with van der Waals surface area (Å²) < 4.78 is 0. The van der Waals surface area contributed by atoms with Gasteiger partial charge in [0.1, 0.15) is 0 Å². The lowest BCUT2D eigenvalue weighted by atomic mass is 10.2. The third-order valence-electron chi connectivity index (χ3n) is 2.15. The topological polar surface area (TPSA) is 0 Å². The van der Waals surface area contributed by atoms with Gasteiger partial charge in [0, 0.05) is 0 Å². The monoisotopic (exact) mass is 350 g/mol. The predicted octanol–water partition coefficient (Wildman–Crippen LogP) is 5.86. The zero-order chi connectivity index (χ0) is 11.6. The maximum atomic E-state index is 5.86. The van der Waals surface area contributed by atoms with E-state index in [4.69, 9.17) is 66.5 Å². The summed E-state index contributed by atoms with van der Waals surface area (Å²) in [4.78, 5) is 0. The molecule has 2 atom stereocenters. The van der Waals surface area contributed by atoms with E-state index in [1.165, 1.54) is 0 Å². The Balaban J connectivity index is 3.96. The summed E-state index contributed by atoms with van der Waals surface area (Å²) in [5.74, 6) is 0. The average Bonchev–Trinajstić information content (AvgIpc) is 1.95. The first-order valence-electron chi connectivity index (χ1n) is 4.18. The molecular weight excluding hydrogens is 341 g/mol. The van der Waals surface area contributed by atoms with E-state index in [1.807, 2.05) is 13.8 Å². The zero-order valence-corrected chi connectivity index (χ0v) is 14.4. The first-order chi connectivity index (χ1) is 6.05. The van der Waals surface area contributed by atoms with Crippen molar-refractivity contribution in [2.24, 2.45) is 0 Å². The van der Waals surface area contributed by atoms with Crippen molar-refractivity contribution in [3.8, 4) is 0 Å². The van der Waals surface area contributed by atoms with Crippen LogP contribution in [-0.4, -0.2) is 12.0 Å². The highest BCUT2D eigenvalue weighted by atomic mass is 35.8. The normalized spacial score (nSPS) is 18.0. The van der Waals surface area contributed by atoms with Crippen LogP contribution in [0.15, 0.2) is 0 Å². The van der Waals surface area contributed by atoms with Crippen LogP contribution in [0.1, 0.15) is 26.7 Å². The molecule has 0 aromatic carbocycles. The van der Waals surface area contributed by atoms with Gasteiger partial charge >= 0.3 is 12.0 Å². The minimum Gasteiger partial charge on any atom is -0.126 e. The van der Waals surface area contributed by atoms with Crippen molar-refractivity contribution in [3.05, 3.63) is 0 Å². The van der Waals surface area contributed by atoms with E-state index in [0.29, 0.717) is 0 Å². The highest BCUT2D eigenvalue weighted by Gasteiger charge is 2.37. The summed E-state index contributed by atoms with van der Waals surface area (Å²) in [5.41, 5.74) is 0.215. The molecule has 2 unspecified atom stereocenters. The van der Waals surface area contributed by atoms with Crippen molar-refractivity contribution >= 4 is 78.5 Å². The summed E-state index contributed by atoms with van der Waals surface area (Å²) in [7, 11) is 0. The van der Waals surface area contributed by atoms with Crippen molar-refractivity contribution in [3.63, 3.8) is 0 Å². The standard InChI is InChI=1S/C6H12Cl6Si2/c1-5(13(7,8)9)3-4-6(2)14(10,11)12/h5-6H,3-4H2,1-2H3. The molecule has 86 valence electrons. The molecule has 0 fully saturated rings. The van der Waals surface area contributed by atoms with E-state index in [1.54, 1.807) is 0 Å². The maximum Gasteiger partial charge on any atom is 0.344 e. The van der Waals surface area contributed by atoms with Gasteiger partial charge in [-0.15, -0.1) is 66.5 Å². The Morgan fingerprint density at radius 2 is 0.929 bits per heavy atom. The number of halogens is 6. The average molecular weight is 353 g/mol. The van der Waals surface area contributed by atoms with Gasteiger partial charge in [-0.1, -0.05) is 13.8 Å². The molecule has 0 rings (SSSR count). The molecule has 14 heavy (non-hydrogen) atoms. The summed E-state index contributed by atoms with van der Waals surface area (Å²) in [5, 5.41) is 0. The van der Waals surface area contributed by atoms with Crippen LogP contribution in [0.25, 0.3) is 0 Å². The Labute approximate surface area is 115 Å². The fourth-order valence-electron chi connectivity index (χ4n) is 0.827. The molecule has 0 spiro atoms. The van der Waals surface area contributed by atoms with E-state index in [2.05, 4.69) is 0 Å². The number of hydrogen-bond donors (Lipinski definition) is 0. The second kappa shape index (κ2) is 6.20. The van der Waals surface area contributed by atoms with Crippen molar-refractivity contribution in [1.82, 2.24) is 0 Å². The minimum absolute atomic E-state index is 0.108. The van der Waals surface area contributed by atoms with E-state index in [-0.39, 0.29) is 11.1 Å². The second-order valence-electron chi connectivity index (χ2n) is 3.46. The second-order valence-corrected chi connectivity index (χ2v) is 21.8. The molecule has 0 heterocycles. The molecule has 0 aliphatic carbocycles. The van der Waals surface area contributed by atoms with Crippen molar-refractivity contribution in [2.75, 3.05) is 0 Å². The van der Waals surface area contributed by atoms with Crippen LogP contribution in [0.4, 0.5) is 0 Å². The fourth-order valence-corrected chi connectivity index (χ4v) is 3.78. The predicted molar refractivity (Wildman–Crippen MR) is 74.7 cm³/mol. The Kier molecular flexibility index (Phi) is 7.16. The third kappa shape index (κ3) is 6.69. The van der Waals surface area contributed by atoms with Crippen molar-refractivity contribution < 1.29 is 0 Å². The van der Waals surface area contributed by atoms with Crippen LogP contribution in [0, 0.1) is 0 Å². The highest BCUT2D eigenvalue weighted by Crippen LogP contribution is 2.42. The zero-order valence-electron chi connectivity index (χ0n) is 7.84. The van der Waals surface area contributed by atoms with Crippen LogP contribution >= 0.6 is 66.5 Å². The van der Waals surface area contributed by atoms with Gasteiger partial charge in [0.05, 0.1) is 0 Å². The van der Waals surface area contributed by atoms with Crippen molar-refractivity contribution in [2.45, 2.75) is 37.8 Å². The molecule has 0 amide bonds. The molecule has 0 bridgehead atoms. The number of rotatable bonds is 5.